The molecule has 4 N–H and O–H groups in total. The lowest BCUT2D eigenvalue weighted by Crippen LogP contribution is -2.41. The molecule has 3 atom stereocenters. The van der Waals surface area contributed by atoms with Crippen molar-refractivity contribution in [2.75, 3.05) is 10.6 Å². The second-order valence-electron chi connectivity index (χ2n) is 10.0. The average molecular weight is 455 g/mol. The molecule has 1 aliphatic carbocycles. The Hall–Kier alpha value is -3.30. The van der Waals surface area contributed by atoms with Crippen LogP contribution >= 0.6 is 0 Å². The quantitative estimate of drug-likeness (QED) is 0.422. The van der Waals surface area contributed by atoms with Crippen LogP contribution in [0.5, 0.6) is 0 Å². The molecule has 178 valence electrons. The molecule has 3 heterocycles. The van der Waals surface area contributed by atoms with E-state index in [1.807, 2.05) is 50.4 Å². The summed E-state index contributed by atoms with van der Waals surface area (Å²) in [7, 11) is 0. The highest BCUT2D eigenvalue weighted by Crippen LogP contribution is 2.27. The summed E-state index contributed by atoms with van der Waals surface area (Å²) in [6.07, 6.45) is 7.03. The van der Waals surface area contributed by atoms with Crippen LogP contribution in [-0.4, -0.2) is 48.3 Å². The number of nitrogens with zero attached hydrogens (tertiary/aromatic N) is 4. The van der Waals surface area contributed by atoms with Crippen LogP contribution in [0.2, 0.25) is 0 Å². The fourth-order valence-electron chi connectivity index (χ4n) is 4.26. The van der Waals surface area contributed by atoms with E-state index < -0.39 is 5.60 Å². The van der Waals surface area contributed by atoms with Crippen LogP contribution < -0.4 is 16.0 Å². The fourth-order valence-corrected chi connectivity index (χ4v) is 4.26. The Morgan fingerprint density at radius 1 is 1.18 bits per heavy atom. The number of nitrogens with one attached hydrogen (secondary N) is 4. The van der Waals surface area contributed by atoms with Gasteiger partial charge >= 0.3 is 6.09 Å². The SMILES string of the molecule is Cc1cc(Nc2cc3nccn3c(N[C@H]3CC(C)CC[C@@H](NC(=O)OC(C)(C)C)C3)n2)n[nH]1. The Labute approximate surface area is 193 Å². The molecule has 4 rings (SSSR count). The van der Waals surface area contributed by atoms with Crippen LogP contribution in [0.1, 0.15) is 59.1 Å². The molecule has 10 heteroatoms. The summed E-state index contributed by atoms with van der Waals surface area (Å²) < 4.78 is 7.41. The summed E-state index contributed by atoms with van der Waals surface area (Å²) in [6, 6.07) is 3.99. The molecule has 0 aliphatic heterocycles. The van der Waals surface area contributed by atoms with Gasteiger partial charge < -0.3 is 20.7 Å². The molecule has 1 amide bonds. The lowest BCUT2D eigenvalue weighted by molar-refractivity contribution is 0.0499. The van der Waals surface area contributed by atoms with Gasteiger partial charge in [0.15, 0.2) is 5.82 Å². The van der Waals surface area contributed by atoms with Gasteiger partial charge in [0.25, 0.3) is 0 Å². The van der Waals surface area contributed by atoms with Gasteiger partial charge in [0.1, 0.15) is 17.1 Å². The van der Waals surface area contributed by atoms with E-state index in [0.29, 0.717) is 23.5 Å². The number of carbonyl (C=O) groups is 1. The number of hydrogen-bond donors (Lipinski definition) is 4. The number of amides is 1. The number of H-pyrrole nitrogens is 1. The van der Waals surface area contributed by atoms with Crippen LogP contribution in [0.4, 0.5) is 22.4 Å². The maximum Gasteiger partial charge on any atom is 0.407 e. The number of ether oxygens (including phenoxy) is 1. The third-order valence-electron chi connectivity index (χ3n) is 5.67. The molecule has 3 aromatic rings. The molecule has 0 bridgehead atoms. The number of aromatic amines is 1. The zero-order valence-corrected chi connectivity index (χ0v) is 20.0. The average Bonchev–Trinajstić information content (AvgIpc) is 3.29. The minimum atomic E-state index is -0.517. The van der Waals surface area contributed by atoms with E-state index in [9.17, 15) is 4.79 Å². The van der Waals surface area contributed by atoms with E-state index in [-0.39, 0.29) is 18.2 Å². The molecule has 1 fully saturated rings. The first-order valence-electron chi connectivity index (χ1n) is 11.5. The van der Waals surface area contributed by atoms with Crippen LogP contribution in [0, 0.1) is 12.8 Å². The van der Waals surface area contributed by atoms with Crippen LogP contribution in [0.15, 0.2) is 24.5 Å². The fraction of sp³-hybridized carbons (Fsp3) is 0.565. The van der Waals surface area contributed by atoms with Crippen molar-refractivity contribution in [1.29, 1.82) is 0 Å². The van der Waals surface area contributed by atoms with E-state index in [2.05, 4.69) is 38.1 Å². The monoisotopic (exact) mass is 454 g/mol. The number of anilines is 3. The van der Waals surface area contributed by atoms with Crippen LogP contribution in [0.3, 0.4) is 0 Å². The predicted molar refractivity (Wildman–Crippen MR) is 128 cm³/mol. The first-order chi connectivity index (χ1) is 15.6. The zero-order valence-electron chi connectivity index (χ0n) is 20.0. The molecule has 0 saturated heterocycles. The predicted octanol–water partition coefficient (Wildman–Crippen LogP) is 4.39. The van der Waals surface area contributed by atoms with Crippen LogP contribution in [0.25, 0.3) is 5.65 Å². The molecule has 0 spiro atoms. The largest absolute Gasteiger partial charge is 0.444 e. The van der Waals surface area contributed by atoms with Gasteiger partial charge in [-0.1, -0.05) is 6.92 Å². The van der Waals surface area contributed by atoms with Gasteiger partial charge in [-0.2, -0.15) is 10.1 Å². The van der Waals surface area contributed by atoms with E-state index >= 15 is 0 Å². The van der Waals surface area contributed by atoms with Crippen molar-refractivity contribution < 1.29 is 9.53 Å². The van der Waals surface area contributed by atoms with Crippen molar-refractivity contribution in [2.24, 2.45) is 5.92 Å². The molecular formula is C23H34N8O2. The molecule has 3 aromatic heterocycles. The smallest absolute Gasteiger partial charge is 0.407 e. The minimum Gasteiger partial charge on any atom is -0.444 e. The van der Waals surface area contributed by atoms with E-state index in [1.165, 1.54) is 0 Å². The standard InChI is InChI=1S/C23H34N8O2/c1-14-6-7-16(26-22(32)33-23(3,4)5)12-17(10-14)25-21-28-18(13-20-24-8-9-31(20)21)27-19-11-15(2)29-30-19/h8-9,11,13-14,16-17H,6-7,10,12H2,1-5H3,(H,25,28)(H,26,32)(H2,27,29,30)/t14?,16-,17+/m1/s1. The van der Waals surface area contributed by atoms with E-state index in [4.69, 9.17) is 9.72 Å². The van der Waals surface area contributed by atoms with Gasteiger partial charge in [-0.05, 0) is 59.3 Å². The number of carbonyl (C=O) groups excluding carboxylic acids is 1. The minimum absolute atomic E-state index is 0.0360. The molecule has 1 aliphatic rings. The highest BCUT2D eigenvalue weighted by atomic mass is 16.6. The van der Waals surface area contributed by atoms with Gasteiger partial charge in [0, 0.05) is 42.3 Å². The normalized spacial score (nSPS) is 21.4. The number of hydrogen-bond acceptors (Lipinski definition) is 7. The summed E-state index contributed by atoms with van der Waals surface area (Å²) in [5.74, 6) is 2.59. The van der Waals surface area contributed by atoms with Gasteiger partial charge in [0.2, 0.25) is 5.95 Å². The van der Waals surface area contributed by atoms with Crippen molar-refractivity contribution in [3.05, 3.63) is 30.2 Å². The van der Waals surface area contributed by atoms with Gasteiger partial charge in [-0.3, -0.25) is 9.50 Å². The summed E-state index contributed by atoms with van der Waals surface area (Å²) in [6.45, 7) is 9.83. The number of alkyl carbamates (subject to hydrolysis) is 1. The molecule has 1 unspecified atom stereocenters. The second-order valence-corrected chi connectivity index (χ2v) is 10.0. The van der Waals surface area contributed by atoms with Gasteiger partial charge in [-0.15, -0.1) is 0 Å². The van der Waals surface area contributed by atoms with Crippen molar-refractivity contribution in [3.8, 4) is 0 Å². The molecule has 0 radical (unpaired) electrons. The Morgan fingerprint density at radius 3 is 2.73 bits per heavy atom. The Balaban J connectivity index is 1.51. The van der Waals surface area contributed by atoms with E-state index in [1.54, 1.807) is 6.20 Å². The lowest BCUT2D eigenvalue weighted by atomic mass is 10.0. The molecule has 0 aromatic carbocycles. The van der Waals surface area contributed by atoms with E-state index in [0.717, 1.165) is 37.0 Å². The number of imidazole rings is 1. The highest BCUT2D eigenvalue weighted by molar-refractivity contribution is 5.68. The third kappa shape index (κ3) is 6.15. The lowest BCUT2D eigenvalue weighted by Gasteiger charge is -2.25. The van der Waals surface area contributed by atoms with Crippen molar-refractivity contribution >= 4 is 29.3 Å². The summed E-state index contributed by atoms with van der Waals surface area (Å²) >= 11 is 0. The number of aryl methyl sites for hydroxylation is 1. The highest BCUT2D eigenvalue weighted by Gasteiger charge is 2.27. The Kier molecular flexibility index (Phi) is 6.44. The summed E-state index contributed by atoms with van der Waals surface area (Å²) in [5.41, 5.74) is 1.23. The van der Waals surface area contributed by atoms with Crippen LogP contribution in [-0.2, 0) is 4.74 Å². The molecule has 33 heavy (non-hydrogen) atoms. The molecule has 10 nitrogen and oxygen atoms in total. The molecular weight excluding hydrogens is 420 g/mol. The first-order valence-corrected chi connectivity index (χ1v) is 11.5. The number of aromatic nitrogens is 5. The van der Waals surface area contributed by atoms with Crippen molar-refractivity contribution in [3.63, 3.8) is 0 Å². The number of rotatable bonds is 5. The van der Waals surface area contributed by atoms with Crippen molar-refractivity contribution in [1.82, 2.24) is 29.9 Å². The Bertz CT molecular complexity index is 1100. The van der Waals surface area contributed by atoms with Gasteiger partial charge in [0.05, 0.1) is 0 Å². The summed E-state index contributed by atoms with van der Waals surface area (Å²) in [5, 5.41) is 17.1. The molecule has 1 saturated carbocycles. The topological polar surface area (TPSA) is 121 Å². The van der Waals surface area contributed by atoms with Gasteiger partial charge in [-0.25, -0.2) is 9.78 Å². The third-order valence-corrected chi connectivity index (χ3v) is 5.67. The van der Waals surface area contributed by atoms with Crippen molar-refractivity contribution in [2.45, 2.75) is 78.0 Å². The summed E-state index contributed by atoms with van der Waals surface area (Å²) in [4.78, 5) is 21.6. The zero-order chi connectivity index (χ0) is 23.6. The Morgan fingerprint density at radius 2 is 2.00 bits per heavy atom. The number of fused-ring (bicyclic) bond motifs is 1. The first kappa shape index (κ1) is 22.9. The maximum atomic E-state index is 12.4. The second kappa shape index (κ2) is 9.29. The maximum absolute atomic E-state index is 12.4.